The molecule has 0 aliphatic heterocycles. The number of thiophene rings is 1. The Morgan fingerprint density at radius 2 is 1.59 bits per heavy atom. The Morgan fingerprint density at radius 3 is 2.19 bits per heavy atom. The van der Waals surface area contributed by atoms with Crippen LogP contribution in [0.15, 0.2) is 70.3 Å². The van der Waals surface area contributed by atoms with Crippen LogP contribution in [0.25, 0.3) is 33.9 Å². The summed E-state index contributed by atoms with van der Waals surface area (Å²) in [7, 11) is -3.27. The van der Waals surface area contributed by atoms with Crippen molar-refractivity contribution in [2.24, 2.45) is 0 Å². The number of benzene rings is 2. The SMILES string of the molecule is CS(=O)(=O)c1ccc(-c2nc(-c3ccsc3)[nH]c2-c2ccc(F)cc2)cc1. The lowest BCUT2D eigenvalue weighted by Crippen LogP contribution is -1.96. The molecule has 0 saturated carbocycles. The predicted octanol–water partition coefficient (Wildman–Crippen LogP) is 5.01. The van der Waals surface area contributed by atoms with Gasteiger partial charge in [0.25, 0.3) is 0 Å². The van der Waals surface area contributed by atoms with E-state index in [9.17, 15) is 12.8 Å². The number of aromatic nitrogens is 2. The van der Waals surface area contributed by atoms with E-state index in [1.165, 1.54) is 18.4 Å². The second kappa shape index (κ2) is 6.75. The maximum Gasteiger partial charge on any atom is 0.175 e. The third-order valence-electron chi connectivity index (χ3n) is 4.19. The predicted molar refractivity (Wildman–Crippen MR) is 106 cm³/mol. The Balaban J connectivity index is 1.86. The summed E-state index contributed by atoms with van der Waals surface area (Å²) in [6.45, 7) is 0. The second-order valence-electron chi connectivity index (χ2n) is 6.12. The molecule has 0 radical (unpaired) electrons. The van der Waals surface area contributed by atoms with Crippen LogP contribution >= 0.6 is 11.3 Å². The van der Waals surface area contributed by atoms with Gasteiger partial charge in [-0.15, -0.1) is 0 Å². The Bertz CT molecular complexity index is 1180. The molecule has 2 aromatic carbocycles. The zero-order valence-corrected chi connectivity index (χ0v) is 15.9. The summed E-state index contributed by atoms with van der Waals surface area (Å²) in [6.07, 6.45) is 1.18. The summed E-state index contributed by atoms with van der Waals surface area (Å²) < 4.78 is 36.7. The first-order valence-electron chi connectivity index (χ1n) is 8.11. The molecule has 27 heavy (non-hydrogen) atoms. The van der Waals surface area contributed by atoms with Crippen molar-refractivity contribution in [2.45, 2.75) is 4.90 Å². The summed E-state index contributed by atoms with van der Waals surface area (Å²) in [6, 6.07) is 14.7. The minimum absolute atomic E-state index is 0.253. The fraction of sp³-hybridized carbons (Fsp3) is 0.0500. The van der Waals surface area contributed by atoms with Gasteiger partial charge in [-0.2, -0.15) is 11.3 Å². The molecule has 0 fully saturated rings. The molecule has 0 unspecified atom stereocenters. The number of H-pyrrole nitrogens is 1. The number of aromatic amines is 1. The minimum atomic E-state index is -3.27. The second-order valence-corrected chi connectivity index (χ2v) is 8.92. The van der Waals surface area contributed by atoms with Crippen LogP contribution in [0.5, 0.6) is 0 Å². The first kappa shape index (κ1) is 17.6. The molecule has 1 N–H and O–H groups in total. The van der Waals surface area contributed by atoms with Crippen molar-refractivity contribution in [3.63, 3.8) is 0 Å². The van der Waals surface area contributed by atoms with Gasteiger partial charge in [-0.3, -0.25) is 0 Å². The van der Waals surface area contributed by atoms with Crippen LogP contribution in [0.3, 0.4) is 0 Å². The highest BCUT2D eigenvalue weighted by molar-refractivity contribution is 7.90. The Morgan fingerprint density at radius 1 is 0.926 bits per heavy atom. The molecule has 4 nitrogen and oxygen atoms in total. The highest BCUT2D eigenvalue weighted by Crippen LogP contribution is 2.34. The zero-order valence-electron chi connectivity index (χ0n) is 14.3. The molecule has 0 atom stereocenters. The van der Waals surface area contributed by atoms with E-state index in [2.05, 4.69) is 4.98 Å². The summed E-state index contributed by atoms with van der Waals surface area (Å²) in [5, 5.41) is 3.96. The van der Waals surface area contributed by atoms with Crippen molar-refractivity contribution < 1.29 is 12.8 Å². The molecule has 0 aliphatic carbocycles. The van der Waals surface area contributed by atoms with Gasteiger partial charge in [-0.1, -0.05) is 12.1 Å². The highest BCUT2D eigenvalue weighted by Gasteiger charge is 2.16. The first-order valence-corrected chi connectivity index (χ1v) is 10.9. The van der Waals surface area contributed by atoms with E-state index in [0.717, 1.165) is 22.4 Å². The quantitative estimate of drug-likeness (QED) is 0.525. The van der Waals surface area contributed by atoms with Crippen LogP contribution in [-0.4, -0.2) is 24.6 Å². The van der Waals surface area contributed by atoms with Crippen LogP contribution in [0.2, 0.25) is 0 Å². The van der Waals surface area contributed by atoms with E-state index in [-0.39, 0.29) is 10.7 Å². The fourth-order valence-corrected chi connectivity index (χ4v) is 4.07. The van der Waals surface area contributed by atoms with Gasteiger partial charge in [-0.05, 0) is 47.8 Å². The molecule has 0 spiro atoms. The van der Waals surface area contributed by atoms with Gasteiger partial charge in [0.2, 0.25) is 0 Å². The molecule has 136 valence electrons. The summed E-state index contributed by atoms with van der Waals surface area (Å²) in [5.41, 5.74) is 3.97. The smallest absolute Gasteiger partial charge is 0.175 e. The number of rotatable bonds is 4. The number of hydrogen-bond acceptors (Lipinski definition) is 4. The van der Waals surface area contributed by atoms with E-state index in [1.807, 2.05) is 16.8 Å². The molecule has 0 aliphatic rings. The van der Waals surface area contributed by atoms with E-state index < -0.39 is 9.84 Å². The maximum absolute atomic E-state index is 13.3. The Hall–Kier alpha value is -2.77. The topological polar surface area (TPSA) is 62.8 Å². The van der Waals surface area contributed by atoms with Gasteiger partial charge in [0.05, 0.1) is 16.3 Å². The lowest BCUT2D eigenvalue weighted by molar-refractivity contribution is 0.602. The van der Waals surface area contributed by atoms with Gasteiger partial charge in [0.15, 0.2) is 9.84 Å². The zero-order chi connectivity index (χ0) is 19.0. The van der Waals surface area contributed by atoms with E-state index in [4.69, 9.17) is 4.98 Å². The lowest BCUT2D eigenvalue weighted by Gasteiger charge is -2.04. The van der Waals surface area contributed by atoms with Crippen molar-refractivity contribution in [3.8, 4) is 33.9 Å². The number of nitrogens with one attached hydrogen (secondary N) is 1. The van der Waals surface area contributed by atoms with Crippen LogP contribution in [0.1, 0.15) is 0 Å². The van der Waals surface area contributed by atoms with Crippen molar-refractivity contribution >= 4 is 21.2 Å². The molecule has 2 heterocycles. The standard InChI is InChI=1S/C20H15FN2O2S2/c1-27(24,25)17-8-4-14(5-9-17)19-18(13-2-6-16(21)7-3-13)22-20(23-19)15-10-11-26-12-15/h2-12H,1H3,(H,22,23). The van der Waals surface area contributed by atoms with Gasteiger partial charge in [0, 0.05) is 28.3 Å². The molecule has 0 saturated heterocycles. The van der Waals surface area contributed by atoms with Crippen LogP contribution in [-0.2, 0) is 9.84 Å². The summed E-state index contributed by atoms with van der Waals surface area (Å²) in [4.78, 5) is 8.29. The van der Waals surface area contributed by atoms with Crippen LogP contribution < -0.4 is 0 Å². The van der Waals surface area contributed by atoms with E-state index in [1.54, 1.807) is 47.7 Å². The summed E-state index contributed by atoms with van der Waals surface area (Å²) in [5.74, 6) is 0.396. The molecule has 0 amide bonds. The largest absolute Gasteiger partial charge is 0.337 e. The van der Waals surface area contributed by atoms with Crippen molar-refractivity contribution in [2.75, 3.05) is 6.26 Å². The molecular weight excluding hydrogens is 383 g/mol. The minimum Gasteiger partial charge on any atom is -0.337 e. The van der Waals surface area contributed by atoms with Gasteiger partial charge >= 0.3 is 0 Å². The molecular formula is C20H15FN2O2S2. The Labute approximate surface area is 160 Å². The number of halogens is 1. The van der Waals surface area contributed by atoms with Crippen molar-refractivity contribution in [1.29, 1.82) is 0 Å². The normalized spacial score (nSPS) is 11.6. The highest BCUT2D eigenvalue weighted by atomic mass is 32.2. The summed E-state index contributed by atoms with van der Waals surface area (Å²) >= 11 is 1.57. The Kier molecular flexibility index (Phi) is 4.41. The number of hydrogen-bond donors (Lipinski definition) is 1. The molecule has 7 heteroatoms. The first-order chi connectivity index (χ1) is 12.9. The van der Waals surface area contributed by atoms with Crippen molar-refractivity contribution in [3.05, 3.63) is 71.2 Å². The third kappa shape index (κ3) is 3.56. The number of imidazole rings is 1. The van der Waals surface area contributed by atoms with Crippen molar-refractivity contribution in [1.82, 2.24) is 9.97 Å². The molecule has 4 aromatic rings. The van der Waals surface area contributed by atoms with Crippen LogP contribution in [0, 0.1) is 5.82 Å². The third-order valence-corrected chi connectivity index (χ3v) is 6.00. The van der Waals surface area contributed by atoms with Crippen LogP contribution in [0.4, 0.5) is 4.39 Å². The van der Waals surface area contributed by atoms with Gasteiger partial charge < -0.3 is 4.98 Å². The number of nitrogens with zero attached hydrogens (tertiary/aromatic N) is 1. The van der Waals surface area contributed by atoms with Gasteiger partial charge in [-0.25, -0.2) is 17.8 Å². The maximum atomic E-state index is 13.3. The van der Waals surface area contributed by atoms with Gasteiger partial charge in [0.1, 0.15) is 11.6 Å². The van der Waals surface area contributed by atoms with E-state index >= 15 is 0 Å². The average Bonchev–Trinajstić information content (AvgIpc) is 3.31. The molecule has 2 aromatic heterocycles. The van der Waals surface area contributed by atoms with E-state index in [0.29, 0.717) is 11.5 Å². The molecule has 0 bridgehead atoms. The number of sulfone groups is 1. The average molecular weight is 398 g/mol. The molecule has 4 rings (SSSR count). The lowest BCUT2D eigenvalue weighted by atomic mass is 10.1. The monoisotopic (exact) mass is 398 g/mol. The fourth-order valence-electron chi connectivity index (χ4n) is 2.80.